The molecule has 1 N–H and O–H groups in total. The van der Waals surface area contributed by atoms with E-state index in [9.17, 15) is 0 Å². The topological polar surface area (TPSA) is 32.7 Å². The largest absolute Gasteiger partial charge is 0.394 e. The molecule has 1 aliphatic carbocycles. The van der Waals surface area contributed by atoms with Crippen molar-refractivity contribution in [1.82, 2.24) is 4.90 Å². The standard InChI is InChI=1S/C18H25NO2/c20-12-14-21-13-11-19(15-17-7-3-1-4-8-17)16-18-9-5-2-6-10-18/h1-5,7-9,20H,6,10-16H2. The van der Waals surface area contributed by atoms with Crippen molar-refractivity contribution < 1.29 is 9.84 Å². The van der Waals surface area contributed by atoms with Gasteiger partial charge in [0.1, 0.15) is 0 Å². The average Bonchev–Trinajstić information content (AvgIpc) is 2.53. The van der Waals surface area contributed by atoms with Gasteiger partial charge in [0.15, 0.2) is 0 Å². The molecule has 0 atom stereocenters. The third kappa shape index (κ3) is 6.25. The Morgan fingerprint density at radius 1 is 1.10 bits per heavy atom. The molecule has 1 aromatic rings. The third-order valence-corrected chi connectivity index (χ3v) is 3.56. The SMILES string of the molecule is OCCOCCN(CC1=CC=CCC1)Cc1ccccc1. The fourth-order valence-electron chi connectivity index (χ4n) is 2.49. The Bertz CT molecular complexity index is 454. The van der Waals surface area contributed by atoms with Gasteiger partial charge in [0.05, 0.1) is 19.8 Å². The third-order valence-electron chi connectivity index (χ3n) is 3.56. The van der Waals surface area contributed by atoms with Crippen LogP contribution in [0.15, 0.2) is 54.1 Å². The Morgan fingerprint density at radius 2 is 1.95 bits per heavy atom. The number of ether oxygens (including phenoxy) is 1. The highest BCUT2D eigenvalue weighted by molar-refractivity contribution is 5.20. The second kappa shape index (κ2) is 9.50. The molecule has 2 rings (SSSR count). The Balaban J connectivity index is 1.89. The first kappa shape index (κ1) is 16.0. The van der Waals surface area contributed by atoms with Crippen LogP contribution in [0.1, 0.15) is 18.4 Å². The Hall–Kier alpha value is -1.42. The minimum absolute atomic E-state index is 0.0919. The summed E-state index contributed by atoms with van der Waals surface area (Å²) in [5.74, 6) is 0. The zero-order chi connectivity index (χ0) is 14.8. The van der Waals surface area contributed by atoms with E-state index < -0.39 is 0 Å². The van der Waals surface area contributed by atoms with E-state index in [1.54, 1.807) is 0 Å². The zero-order valence-electron chi connectivity index (χ0n) is 12.6. The molecule has 0 fully saturated rings. The predicted octanol–water partition coefficient (Wildman–Crippen LogP) is 2.77. The molecule has 21 heavy (non-hydrogen) atoms. The van der Waals surface area contributed by atoms with Crippen LogP contribution >= 0.6 is 0 Å². The summed E-state index contributed by atoms with van der Waals surface area (Å²) in [7, 11) is 0. The van der Waals surface area contributed by atoms with Gasteiger partial charge in [0, 0.05) is 19.6 Å². The van der Waals surface area contributed by atoms with E-state index >= 15 is 0 Å². The number of allylic oxidation sites excluding steroid dienone is 3. The van der Waals surface area contributed by atoms with Crippen LogP contribution < -0.4 is 0 Å². The zero-order valence-corrected chi connectivity index (χ0v) is 12.6. The summed E-state index contributed by atoms with van der Waals surface area (Å²) in [6, 6.07) is 10.5. The van der Waals surface area contributed by atoms with E-state index in [0.717, 1.165) is 32.5 Å². The normalized spacial score (nSPS) is 14.5. The minimum atomic E-state index is 0.0919. The summed E-state index contributed by atoms with van der Waals surface area (Å²) >= 11 is 0. The van der Waals surface area contributed by atoms with E-state index in [2.05, 4.69) is 47.4 Å². The maximum Gasteiger partial charge on any atom is 0.0698 e. The Morgan fingerprint density at radius 3 is 2.67 bits per heavy atom. The van der Waals surface area contributed by atoms with Gasteiger partial charge in [-0.15, -0.1) is 0 Å². The van der Waals surface area contributed by atoms with Crippen LogP contribution in [0.5, 0.6) is 0 Å². The highest BCUT2D eigenvalue weighted by Crippen LogP contribution is 2.15. The first-order chi connectivity index (χ1) is 10.4. The minimum Gasteiger partial charge on any atom is -0.394 e. The molecule has 0 bridgehead atoms. The highest BCUT2D eigenvalue weighted by Gasteiger charge is 2.09. The fraction of sp³-hybridized carbons (Fsp3) is 0.444. The van der Waals surface area contributed by atoms with E-state index in [-0.39, 0.29) is 6.61 Å². The molecule has 114 valence electrons. The molecule has 1 aliphatic rings. The summed E-state index contributed by atoms with van der Waals surface area (Å²) in [5, 5.41) is 8.77. The molecule has 0 amide bonds. The summed E-state index contributed by atoms with van der Waals surface area (Å²) in [5.41, 5.74) is 2.81. The Kier molecular flexibility index (Phi) is 7.22. The van der Waals surface area contributed by atoms with Gasteiger partial charge in [-0.1, -0.05) is 54.1 Å². The van der Waals surface area contributed by atoms with Gasteiger partial charge in [-0.05, 0) is 18.4 Å². The predicted molar refractivity (Wildman–Crippen MR) is 86.1 cm³/mol. The second-order valence-electron chi connectivity index (χ2n) is 5.32. The van der Waals surface area contributed by atoms with Crippen LogP contribution in [0.2, 0.25) is 0 Å². The van der Waals surface area contributed by atoms with Gasteiger partial charge in [-0.2, -0.15) is 0 Å². The monoisotopic (exact) mass is 287 g/mol. The molecule has 0 spiro atoms. The van der Waals surface area contributed by atoms with Gasteiger partial charge in [0.25, 0.3) is 0 Å². The average molecular weight is 287 g/mol. The number of aliphatic hydroxyl groups excluding tert-OH is 1. The van der Waals surface area contributed by atoms with Crippen LogP contribution in [-0.4, -0.2) is 42.9 Å². The summed E-state index contributed by atoms with van der Waals surface area (Å²) in [6.07, 6.45) is 8.90. The maximum absolute atomic E-state index is 8.77. The Labute approximate surface area is 127 Å². The number of benzene rings is 1. The molecule has 0 saturated heterocycles. The van der Waals surface area contributed by atoms with Crippen molar-refractivity contribution in [2.75, 3.05) is 32.9 Å². The molecule has 0 aliphatic heterocycles. The number of nitrogens with zero attached hydrogens (tertiary/aromatic N) is 1. The molecule has 0 radical (unpaired) electrons. The van der Waals surface area contributed by atoms with E-state index in [0.29, 0.717) is 13.2 Å². The molecular formula is C18H25NO2. The first-order valence-electron chi connectivity index (χ1n) is 7.68. The van der Waals surface area contributed by atoms with Crippen molar-refractivity contribution in [2.45, 2.75) is 19.4 Å². The molecule has 3 heteroatoms. The second-order valence-corrected chi connectivity index (χ2v) is 5.32. The van der Waals surface area contributed by atoms with Crippen molar-refractivity contribution in [1.29, 1.82) is 0 Å². The van der Waals surface area contributed by atoms with Crippen molar-refractivity contribution in [3.8, 4) is 0 Å². The van der Waals surface area contributed by atoms with Crippen LogP contribution in [0.25, 0.3) is 0 Å². The lowest BCUT2D eigenvalue weighted by molar-refractivity contribution is 0.0738. The summed E-state index contributed by atoms with van der Waals surface area (Å²) < 4.78 is 5.42. The summed E-state index contributed by atoms with van der Waals surface area (Å²) in [6.45, 7) is 3.98. The van der Waals surface area contributed by atoms with E-state index in [1.165, 1.54) is 11.1 Å². The molecule has 0 unspecified atom stereocenters. The van der Waals surface area contributed by atoms with Crippen LogP contribution in [0.4, 0.5) is 0 Å². The first-order valence-corrected chi connectivity index (χ1v) is 7.68. The number of rotatable bonds is 9. The van der Waals surface area contributed by atoms with Crippen molar-refractivity contribution in [3.63, 3.8) is 0 Å². The van der Waals surface area contributed by atoms with Crippen LogP contribution in [-0.2, 0) is 11.3 Å². The van der Waals surface area contributed by atoms with Crippen LogP contribution in [0.3, 0.4) is 0 Å². The number of hydrogen-bond acceptors (Lipinski definition) is 3. The summed E-state index contributed by atoms with van der Waals surface area (Å²) in [4.78, 5) is 2.41. The van der Waals surface area contributed by atoms with Gasteiger partial charge < -0.3 is 9.84 Å². The van der Waals surface area contributed by atoms with Gasteiger partial charge >= 0.3 is 0 Å². The smallest absolute Gasteiger partial charge is 0.0698 e. The van der Waals surface area contributed by atoms with Crippen LogP contribution in [0, 0.1) is 0 Å². The van der Waals surface area contributed by atoms with Gasteiger partial charge in [0.2, 0.25) is 0 Å². The lowest BCUT2D eigenvalue weighted by Crippen LogP contribution is -2.29. The van der Waals surface area contributed by atoms with Crippen molar-refractivity contribution >= 4 is 0 Å². The van der Waals surface area contributed by atoms with Gasteiger partial charge in [-0.25, -0.2) is 0 Å². The van der Waals surface area contributed by atoms with Crippen molar-refractivity contribution in [2.24, 2.45) is 0 Å². The molecule has 0 saturated carbocycles. The number of hydrogen-bond donors (Lipinski definition) is 1. The molecule has 1 aromatic carbocycles. The molecular weight excluding hydrogens is 262 g/mol. The molecule has 0 aromatic heterocycles. The molecule has 3 nitrogen and oxygen atoms in total. The highest BCUT2D eigenvalue weighted by atomic mass is 16.5. The number of aliphatic hydroxyl groups is 1. The fourth-order valence-corrected chi connectivity index (χ4v) is 2.49. The van der Waals surface area contributed by atoms with E-state index in [4.69, 9.17) is 9.84 Å². The lowest BCUT2D eigenvalue weighted by atomic mass is 10.0. The molecule has 0 heterocycles. The van der Waals surface area contributed by atoms with Crippen molar-refractivity contribution in [3.05, 3.63) is 59.7 Å². The van der Waals surface area contributed by atoms with Gasteiger partial charge in [-0.3, -0.25) is 4.90 Å². The lowest BCUT2D eigenvalue weighted by Gasteiger charge is -2.24. The maximum atomic E-state index is 8.77. The quantitative estimate of drug-likeness (QED) is 0.709. The van der Waals surface area contributed by atoms with E-state index in [1.807, 2.05) is 6.07 Å².